The second kappa shape index (κ2) is 9.47. The zero-order valence-electron chi connectivity index (χ0n) is 19.0. The van der Waals surface area contributed by atoms with Gasteiger partial charge in [0.05, 0.1) is 35.8 Å². The van der Waals surface area contributed by atoms with Crippen LogP contribution in [0, 0.1) is 6.92 Å². The van der Waals surface area contributed by atoms with Gasteiger partial charge in [0.1, 0.15) is 5.69 Å². The summed E-state index contributed by atoms with van der Waals surface area (Å²) in [6, 6.07) is 10.1. The molecular weight excluding hydrogens is 468 g/mol. The van der Waals surface area contributed by atoms with E-state index in [1.807, 2.05) is 47.3 Å². The fraction of sp³-hybridized carbons (Fsp3) is 0.292. The summed E-state index contributed by atoms with van der Waals surface area (Å²) in [7, 11) is 1.76. The molecular formula is C24H24N6O2S2. The zero-order valence-corrected chi connectivity index (χ0v) is 20.6. The first-order valence-electron chi connectivity index (χ1n) is 11.0. The molecule has 5 rings (SSSR count). The molecule has 0 spiro atoms. The van der Waals surface area contributed by atoms with E-state index in [9.17, 15) is 9.59 Å². The standard InChI is InChI=1S/C24H24N6O2S2/c1-16-26-20(14-34-16)23(31)29-9-8-21-19(12-29)22(24(32)28(2)11-18-13-33-15-25-18)27-30(21)10-17-6-4-3-5-7-17/h3-7,13-15H,8-12H2,1-2H3. The Kier molecular flexibility index (Phi) is 6.25. The third kappa shape index (κ3) is 4.51. The van der Waals surface area contributed by atoms with E-state index in [0.29, 0.717) is 44.0 Å². The highest BCUT2D eigenvalue weighted by Gasteiger charge is 2.32. The SMILES string of the molecule is Cc1nc(C(=O)N2CCc3c(c(C(=O)N(C)Cc4cscn4)nn3Cc3ccccc3)C2)cs1. The van der Waals surface area contributed by atoms with Crippen molar-refractivity contribution in [1.29, 1.82) is 0 Å². The van der Waals surface area contributed by atoms with E-state index in [4.69, 9.17) is 5.10 Å². The van der Waals surface area contributed by atoms with Gasteiger partial charge in [-0.2, -0.15) is 5.10 Å². The van der Waals surface area contributed by atoms with E-state index < -0.39 is 0 Å². The highest BCUT2D eigenvalue weighted by atomic mass is 32.1. The van der Waals surface area contributed by atoms with Gasteiger partial charge in [-0.05, 0) is 12.5 Å². The van der Waals surface area contributed by atoms with Crippen LogP contribution in [0.2, 0.25) is 0 Å². The number of rotatable bonds is 6. The number of hydrogen-bond donors (Lipinski definition) is 0. The Balaban J connectivity index is 1.46. The van der Waals surface area contributed by atoms with Crippen LogP contribution < -0.4 is 0 Å². The lowest BCUT2D eigenvalue weighted by molar-refractivity contribution is 0.0716. The minimum atomic E-state index is -0.171. The van der Waals surface area contributed by atoms with Gasteiger partial charge in [0, 0.05) is 42.0 Å². The van der Waals surface area contributed by atoms with Gasteiger partial charge < -0.3 is 9.80 Å². The lowest BCUT2D eigenvalue weighted by Crippen LogP contribution is -2.37. The molecule has 0 N–H and O–H groups in total. The lowest BCUT2D eigenvalue weighted by Gasteiger charge is -2.27. The van der Waals surface area contributed by atoms with Crippen molar-refractivity contribution in [3.05, 3.63) is 85.5 Å². The van der Waals surface area contributed by atoms with Crippen LogP contribution in [-0.4, -0.2) is 55.0 Å². The van der Waals surface area contributed by atoms with Crippen molar-refractivity contribution in [2.24, 2.45) is 0 Å². The Morgan fingerprint density at radius 2 is 2.00 bits per heavy atom. The summed E-state index contributed by atoms with van der Waals surface area (Å²) in [6.07, 6.45) is 0.632. The molecule has 0 aliphatic carbocycles. The Morgan fingerprint density at radius 1 is 1.18 bits per heavy atom. The Labute approximate surface area is 205 Å². The Hall–Kier alpha value is -3.37. The highest BCUT2D eigenvalue weighted by Crippen LogP contribution is 2.26. The number of carbonyl (C=O) groups is 2. The molecule has 0 atom stereocenters. The summed E-state index contributed by atoms with van der Waals surface area (Å²) in [5, 5.41) is 9.35. The minimum absolute atomic E-state index is 0.111. The molecule has 3 aromatic heterocycles. The van der Waals surface area contributed by atoms with Crippen molar-refractivity contribution in [2.75, 3.05) is 13.6 Å². The summed E-state index contributed by atoms with van der Waals surface area (Å²) in [5.74, 6) is -0.283. The van der Waals surface area contributed by atoms with Gasteiger partial charge in [0.2, 0.25) is 0 Å². The van der Waals surface area contributed by atoms with E-state index >= 15 is 0 Å². The van der Waals surface area contributed by atoms with Gasteiger partial charge in [-0.15, -0.1) is 22.7 Å². The van der Waals surface area contributed by atoms with Crippen molar-refractivity contribution in [3.63, 3.8) is 0 Å². The van der Waals surface area contributed by atoms with Crippen molar-refractivity contribution in [1.82, 2.24) is 29.5 Å². The van der Waals surface area contributed by atoms with Gasteiger partial charge in [-0.25, -0.2) is 9.97 Å². The summed E-state index contributed by atoms with van der Waals surface area (Å²) < 4.78 is 1.92. The highest BCUT2D eigenvalue weighted by molar-refractivity contribution is 7.09. The number of nitrogens with zero attached hydrogens (tertiary/aromatic N) is 6. The number of thiazole rings is 2. The quantitative estimate of drug-likeness (QED) is 0.410. The predicted molar refractivity (Wildman–Crippen MR) is 131 cm³/mol. The lowest BCUT2D eigenvalue weighted by atomic mass is 10.0. The largest absolute Gasteiger partial charge is 0.334 e. The zero-order chi connectivity index (χ0) is 23.7. The fourth-order valence-corrected chi connectivity index (χ4v) is 5.29. The maximum Gasteiger partial charge on any atom is 0.274 e. The summed E-state index contributed by atoms with van der Waals surface area (Å²) in [5.41, 5.74) is 6.39. The number of carbonyl (C=O) groups excluding carboxylic acids is 2. The van der Waals surface area contributed by atoms with Crippen LogP contribution in [0.5, 0.6) is 0 Å². The second-order valence-corrected chi connectivity index (χ2v) is 10.1. The topological polar surface area (TPSA) is 84.2 Å². The molecule has 0 fully saturated rings. The van der Waals surface area contributed by atoms with Crippen molar-refractivity contribution in [3.8, 4) is 0 Å². The predicted octanol–water partition coefficient (Wildman–Crippen LogP) is 3.62. The van der Waals surface area contributed by atoms with Crippen LogP contribution in [0.4, 0.5) is 0 Å². The molecule has 1 aliphatic rings. The first-order chi connectivity index (χ1) is 16.5. The molecule has 2 amide bonds. The molecule has 0 bridgehead atoms. The molecule has 8 nitrogen and oxygen atoms in total. The number of amides is 2. The van der Waals surface area contributed by atoms with Crippen LogP contribution in [-0.2, 0) is 26.1 Å². The third-order valence-corrected chi connectivity index (χ3v) is 7.28. The molecule has 0 radical (unpaired) electrons. The van der Waals surface area contributed by atoms with Gasteiger partial charge >= 0.3 is 0 Å². The third-order valence-electron chi connectivity index (χ3n) is 5.87. The van der Waals surface area contributed by atoms with Gasteiger partial charge in [0.25, 0.3) is 11.8 Å². The molecule has 10 heteroatoms. The molecule has 4 aromatic rings. The van der Waals surface area contributed by atoms with Crippen molar-refractivity contribution < 1.29 is 9.59 Å². The van der Waals surface area contributed by atoms with Gasteiger partial charge in [-0.3, -0.25) is 14.3 Å². The van der Waals surface area contributed by atoms with Crippen molar-refractivity contribution in [2.45, 2.75) is 33.0 Å². The summed E-state index contributed by atoms with van der Waals surface area (Å²) in [6.45, 7) is 3.77. The molecule has 1 aromatic carbocycles. The van der Waals surface area contributed by atoms with Gasteiger partial charge in [-0.1, -0.05) is 30.3 Å². The molecule has 174 valence electrons. The number of benzene rings is 1. The van der Waals surface area contributed by atoms with Crippen LogP contribution in [0.1, 0.15) is 48.5 Å². The van der Waals surface area contributed by atoms with E-state index in [1.165, 1.54) is 22.7 Å². The average molecular weight is 493 g/mol. The van der Waals surface area contributed by atoms with E-state index in [-0.39, 0.29) is 11.8 Å². The molecule has 0 saturated heterocycles. The minimum Gasteiger partial charge on any atom is -0.334 e. The maximum atomic E-state index is 13.5. The van der Waals surface area contributed by atoms with Crippen LogP contribution in [0.3, 0.4) is 0 Å². The van der Waals surface area contributed by atoms with E-state index in [1.54, 1.807) is 27.7 Å². The molecule has 1 aliphatic heterocycles. The van der Waals surface area contributed by atoms with Crippen LogP contribution in [0.25, 0.3) is 0 Å². The maximum absolute atomic E-state index is 13.5. The number of aryl methyl sites for hydroxylation is 1. The number of hydrogen-bond acceptors (Lipinski definition) is 7. The molecule has 0 saturated carbocycles. The Bertz CT molecular complexity index is 1310. The number of fused-ring (bicyclic) bond motifs is 1. The first-order valence-corrected chi connectivity index (χ1v) is 12.8. The molecule has 0 unspecified atom stereocenters. The van der Waals surface area contributed by atoms with E-state index in [0.717, 1.165) is 27.5 Å². The monoisotopic (exact) mass is 492 g/mol. The van der Waals surface area contributed by atoms with Crippen LogP contribution >= 0.6 is 22.7 Å². The summed E-state index contributed by atoms with van der Waals surface area (Å²) >= 11 is 2.96. The Morgan fingerprint density at radius 3 is 2.71 bits per heavy atom. The van der Waals surface area contributed by atoms with E-state index in [2.05, 4.69) is 9.97 Å². The smallest absolute Gasteiger partial charge is 0.274 e. The average Bonchev–Trinajstić information content (AvgIpc) is 3.59. The second-order valence-electron chi connectivity index (χ2n) is 8.29. The first kappa shape index (κ1) is 22.4. The van der Waals surface area contributed by atoms with Crippen molar-refractivity contribution >= 4 is 34.5 Å². The van der Waals surface area contributed by atoms with Gasteiger partial charge in [0.15, 0.2) is 5.69 Å². The van der Waals surface area contributed by atoms with Crippen LogP contribution in [0.15, 0.2) is 46.6 Å². The number of aromatic nitrogens is 4. The molecule has 4 heterocycles. The normalized spacial score (nSPS) is 13.1. The molecule has 34 heavy (non-hydrogen) atoms. The fourth-order valence-electron chi connectivity index (χ4n) is 4.16. The summed E-state index contributed by atoms with van der Waals surface area (Å²) in [4.78, 5) is 38.6.